The van der Waals surface area contributed by atoms with Crippen LogP contribution in [0.2, 0.25) is 0 Å². The van der Waals surface area contributed by atoms with Gasteiger partial charge in [-0.25, -0.2) is 0 Å². The molecule has 1 aliphatic carbocycles. The molecular weight excluding hydrogens is 236 g/mol. The summed E-state index contributed by atoms with van der Waals surface area (Å²) in [5, 5.41) is 9.74. The molecule has 0 bridgehead atoms. The van der Waals surface area contributed by atoms with E-state index in [-0.39, 0.29) is 0 Å². The topological polar surface area (TPSA) is 58.3 Å². The number of hydrogen-bond donors (Lipinski definition) is 3. The van der Waals surface area contributed by atoms with Crippen LogP contribution in [-0.2, 0) is 5.54 Å². The van der Waals surface area contributed by atoms with E-state index in [9.17, 15) is 5.21 Å². The molecule has 19 heavy (non-hydrogen) atoms. The fourth-order valence-electron chi connectivity index (χ4n) is 2.70. The molecule has 3 rings (SSSR count). The van der Waals surface area contributed by atoms with E-state index >= 15 is 0 Å². The molecule has 2 aromatic carbocycles. The number of hydroxylamine groups is 1. The molecule has 1 aliphatic rings. The van der Waals surface area contributed by atoms with E-state index in [4.69, 9.17) is 5.73 Å². The number of nitrogen functional groups attached to an aromatic ring is 1. The molecule has 3 nitrogen and oxygen atoms in total. The van der Waals surface area contributed by atoms with Gasteiger partial charge < -0.3 is 10.9 Å². The zero-order chi connectivity index (χ0) is 13.5. The average Bonchev–Trinajstić information content (AvgIpc) is 2.56. The molecule has 0 radical (unpaired) electrons. The molecule has 0 aliphatic heterocycles. The van der Waals surface area contributed by atoms with Crippen molar-refractivity contribution in [2.24, 2.45) is 0 Å². The number of nitrogens with two attached hydrogens (primary N) is 1. The van der Waals surface area contributed by atoms with Crippen molar-refractivity contribution >= 4 is 17.8 Å². The smallest absolute Gasteiger partial charge is 0.0911 e. The highest BCUT2D eigenvalue weighted by atomic mass is 16.5. The Labute approximate surface area is 112 Å². The van der Waals surface area contributed by atoms with E-state index in [1.165, 1.54) is 0 Å². The first-order chi connectivity index (χ1) is 9.15. The Bertz CT molecular complexity index is 664. The minimum atomic E-state index is -0.676. The maximum Gasteiger partial charge on any atom is 0.0911 e. The number of rotatable bonds is 1. The standard InChI is InChI=1S/C16H16N2O/c1-16(18-19)14-5-3-2-4-11(14)6-7-12-8-9-13(17)10-15(12)16/h2-10,18-19H,17H2,1H3/t16-/m1/s1. The Morgan fingerprint density at radius 1 is 1.00 bits per heavy atom. The molecule has 2 aromatic rings. The fourth-order valence-corrected chi connectivity index (χ4v) is 2.70. The van der Waals surface area contributed by atoms with E-state index in [1.807, 2.05) is 49.4 Å². The van der Waals surface area contributed by atoms with Gasteiger partial charge in [-0.05, 0) is 41.3 Å². The second kappa shape index (κ2) is 4.23. The Balaban J connectivity index is 2.35. The SMILES string of the molecule is C[C@@]1(NO)c2ccccc2C=Cc2ccc(N)cc21. The molecule has 0 fully saturated rings. The van der Waals surface area contributed by atoms with Crippen LogP contribution in [0.25, 0.3) is 12.2 Å². The summed E-state index contributed by atoms with van der Waals surface area (Å²) in [6.07, 6.45) is 4.11. The summed E-state index contributed by atoms with van der Waals surface area (Å²) in [6.45, 7) is 1.96. The van der Waals surface area contributed by atoms with Crippen LogP contribution in [0.4, 0.5) is 5.69 Å². The Hall–Kier alpha value is -2.10. The van der Waals surface area contributed by atoms with Crippen molar-refractivity contribution in [3.8, 4) is 0 Å². The summed E-state index contributed by atoms with van der Waals surface area (Å²) in [6, 6.07) is 13.8. The quantitative estimate of drug-likeness (QED) is 0.540. The van der Waals surface area contributed by atoms with Gasteiger partial charge in [-0.1, -0.05) is 42.5 Å². The van der Waals surface area contributed by atoms with Crippen molar-refractivity contribution in [1.29, 1.82) is 0 Å². The van der Waals surface area contributed by atoms with Crippen LogP contribution >= 0.6 is 0 Å². The van der Waals surface area contributed by atoms with Crippen LogP contribution in [0.1, 0.15) is 29.2 Å². The van der Waals surface area contributed by atoms with E-state index in [1.54, 1.807) is 0 Å². The predicted octanol–water partition coefficient (Wildman–Crippen LogP) is 2.99. The molecule has 0 aromatic heterocycles. The van der Waals surface area contributed by atoms with Gasteiger partial charge in [0, 0.05) is 5.69 Å². The van der Waals surface area contributed by atoms with E-state index in [0.29, 0.717) is 5.69 Å². The molecule has 1 atom stereocenters. The molecule has 4 N–H and O–H groups in total. The lowest BCUT2D eigenvalue weighted by Crippen LogP contribution is -2.39. The summed E-state index contributed by atoms with van der Waals surface area (Å²) < 4.78 is 0. The lowest BCUT2D eigenvalue weighted by atomic mass is 9.82. The largest absolute Gasteiger partial charge is 0.399 e. The van der Waals surface area contributed by atoms with Gasteiger partial charge in [-0.2, -0.15) is 5.48 Å². The van der Waals surface area contributed by atoms with Gasteiger partial charge in [0.2, 0.25) is 0 Å². The monoisotopic (exact) mass is 252 g/mol. The second-order valence-electron chi connectivity index (χ2n) is 5.00. The van der Waals surface area contributed by atoms with Crippen molar-refractivity contribution in [3.63, 3.8) is 0 Å². The summed E-state index contributed by atoms with van der Waals surface area (Å²) in [7, 11) is 0. The lowest BCUT2D eigenvalue weighted by Gasteiger charge is -2.31. The number of anilines is 1. The summed E-state index contributed by atoms with van der Waals surface area (Å²) >= 11 is 0. The maximum absolute atomic E-state index is 9.74. The van der Waals surface area contributed by atoms with Crippen LogP contribution in [0.3, 0.4) is 0 Å². The van der Waals surface area contributed by atoms with Crippen LogP contribution in [0.15, 0.2) is 42.5 Å². The molecule has 0 unspecified atom stereocenters. The van der Waals surface area contributed by atoms with Crippen molar-refractivity contribution < 1.29 is 5.21 Å². The summed E-state index contributed by atoms with van der Waals surface area (Å²) in [5.74, 6) is 0. The Morgan fingerprint density at radius 2 is 1.68 bits per heavy atom. The minimum Gasteiger partial charge on any atom is -0.399 e. The lowest BCUT2D eigenvalue weighted by molar-refractivity contribution is 0.0922. The average molecular weight is 252 g/mol. The van der Waals surface area contributed by atoms with Gasteiger partial charge in [0.05, 0.1) is 5.54 Å². The molecule has 0 spiro atoms. The molecule has 96 valence electrons. The number of benzene rings is 2. The third kappa shape index (κ3) is 1.75. The van der Waals surface area contributed by atoms with Crippen molar-refractivity contribution in [2.75, 3.05) is 5.73 Å². The predicted molar refractivity (Wildman–Crippen MR) is 77.6 cm³/mol. The highest BCUT2D eigenvalue weighted by molar-refractivity contribution is 5.78. The van der Waals surface area contributed by atoms with Gasteiger partial charge in [0.15, 0.2) is 0 Å². The number of hydrogen-bond acceptors (Lipinski definition) is 3. The van der Waals surface area contributed by atoms with Gasteiger partial charge >= 0.3 is 0 Å². The Kier molecular flexibility index (Phi) is 2.66. The Morgan fingerprint density at radius 3 is 2.42 bits per heavy atom. The van der Waals surface area contributed by atoms with Crippen LogP contribution < -0.4 is 11.2 Å². The second-order valence-corrected chi connectivity index (χ2v) is 5.00. The first-order valence-electron chi connectivity index (χ1n) is 6.24. The molecule has 0 saturated heterocycles. The van der Waals surface area contributed by atoms with Gasteiger partial charge in [-0.15, -0.1) is 0 Å². The van der Waals surface area contributed by atoms with Crippen molar-refractivity contribution in [2.45, 2.75) is 12.5 Å². The fraction of sp³-hybridized carbons (Fsp3) is 0.125. The molecule has 0 heterocycles. The van der Waals surface area contributed by atoms with Gasteiger partial charge in [-0.3, -0.25) is 0 Å². The summed E-state index contributed by atoms with van der Waals surface area (Å²) in [4.78, 5) is 0. The normalized spacial score (nSPS) is 20.5. The minimum absolute atomic E-state index is 0.676. The van der Waals surface area contributed by atoms with E-state index in [0.717, 1.165) is 22.3 Å². The van der Waals surface area contributed by atoms with Crippen molar-refractivity contribution in [1.82, 2.24) is 5.48 Å². The van der Waals surface area contributed by atoms with Gasteiger partial charge in [0.25, 0.3) is 0 Å². The van der Waals surface area contributed by atoms with Crippen molar-refractivity contribution in [3.05, 3.63) is 64.7 Å². The van der Waals surface area contributed by atoms with Crippen LogP contribution in [-0.4, -0.2) is 5.21 Å². The third-order valence-electron chi connectivity index (χ3n) is 3.78. The third-order valence-corrected chi connectivity index (χ3v) is 3.78. The number of nitrogens with one attached hydrogen (secondary N) is 1. The first kappa shape index (κ1) is 12.0. The zero-order valence-electron chi connectivity index (χ0n) is 10.7. The maximum atomic E-state index is 9.74. The van der Waals surface area contributed by atoms with E-state index < -0.39 is 5.54 Å². The summed E-state index contributed by atoms with van der Waals surface area (Å²) in [5.41, 5.74) is 12.5. The first-order valence-corrected chi connectivity index (χ1v) is 6.24. The molecule has 0 amide bonds. The zero-order valence-corrected chi connectivity index (χ0v) is 10.7. The van der Waals surface area contributed by atoms with Crippen LogP contribution in [0.5, 0.6) is 0 Å². The number of fused-ring (bicyclic) bond motifs is 2. The highest BCUT2D eigenvalue weighted by Crippen LogP contribution is 2.38. The van der Waals surface area contributed by atoms with E-state index in [2.05, 4.69) is 17.6 Å². The van der Waals surface area contributed by atoms with Crippen LogP contribution in [0, 0.1) is 0 Å². The molecule has 3 heteroatoms. The molecule has 0 saturated carbocycles. The molecular formula is C16H16N2O. The van der Waals surface area contributed by atoms with Gasteiger partial charge in [0.1, 0.15) is 0 Å². The highest BCUT2D eigenvalue weighted by Gasteiger charge is 2.33.